The fraction of sp³-hybridized carbons (Fsp3) is 0.647. The first-order valence-electron chi connectivity index (χ1n) is 7.34. The number of hydrogen-bond donors (Lipinski definition) is 1. The lowest BCUT2D eigenvalue weighted by atomic mass is 9.80. The van der Waals surface area contributed by atoms with Crippen molar-refractivity contribution in [1.29, 1.82) is 0 Å². The highest BCUT2D eigenvalue weighted by atomic mass is 14.9. The molecule has 1 heteroatoms. The predicted molar refractivity (Wildman–Crippen MR) is 78.7 cm³/mol. The van der Waals surface area contributed by atoms with E-state index in [1.54, 1.807) is 0 Å². The first-order valence-corrected chi connectivity index (χ1v) is 7.34. The minimum absolute atomic E-state index is 0.712. The molecule has 0 saturated heterocycles. The Hall–Kier alpha value is -0.820. The van der Waals surface area contributed by atoms with Crippen molar-refractivity contribution in [3.05, 3.63) is 34.9 Å². The lowest BCUT2D eigenvalue weighted by molar-refractivity contribution is 0.238. The maximum Gasteiger partial charge on any atom is 0.0210 e. The first-order chi connectivity index (χ1) is 8.54. The van der Waals surface area contributed by atoms with Gasteiger partial charge >= 0.3 is 0 Å². The van der Waals surface area contributed by atoms with E-state index in [1.807, 2.05) is 0 Å². The van der Waals surface area contributed by atoms with Crippen LogP contribution in [0, 0.1) is 25.7 Å². The van der Waals surface area contributed by atoms with Gasteiger partial charge < -0.3 is 5.32 Å². The average Bonchev–Trinajstić information content (AvgIpc) is 2.29. The molecule has 1 aliphatic carbocycles. The number of aryl methyl sites for hydroxylation is 2. The maximum atomic E-state index is 3.77. The average molecular weight is 245 g/mol. The summed E-state index contributed by atoms with van der Waals surface area (Å²) in [6.07, 6.45) is 4.09. The van der Waals surface area contributed by atoms with E-state index < -0.39 is 0 Å². The van der Waals surface area contributed by atoms with Gasteiger partial charge in [-0.25, -0.2) is 0 Å². The van der Waals surface area contributed by atoms with E-state index in [1.165, 1.54) is 36.0 Å². The summed E-state index contributed by atoms with van der Waals surface area (Å²) >= 11 is 0. The molecule has 1 aliphatic rings. The van der Waals surface area contributed by atoms with Gasteiger partial charge in [-0.05, 0) is 56.1 Å². The van der Waals surface area contributed by atoms with Crippen LogP contribution < -0.4 is 5.32 Å². The molecule has 1 fully saturated rings. The van der Waals surface area contributed by atoms with Crippen LogP contribution in [-0.4, -0.2) is 6.04 Å². The Labute approximate surface area is 112 Å². The topological polar surface area (TPSA) is 12.0 Å². The Bertz CT molecular complexity index is 387. The van der Waals surface area contributed by atoms with Crippen LogP contribution in [0.1, 0.15) is 49.8 Å². The molecule has 100 valence electrons. The molecular weight excluding hydrogens is 218 g/mol. The standard InChI is InChI=1S/C17H27N/c1-12-5-6-15(4)16(8-12)11-18-17-9-13(2)7-14(3)10-17/h5-6,8,13-14,17-18H,7,9-11H2,1-4H3. The summed E-state index contributed by atoms with van der Waals surface area (Å²) in [5.41, 5.74) is 4.23. The van der Waals surface area contributed by atoms with Gasteiger partial charge in [0.25, 0.3) is 0 Å². The molecule has 0 radical (unpaired) electrons. The van der Waals surface area contributed by atoms with E-state index >= 15 is 0 Å². The largest absolute Gasteiger partial charge is 0.310 e. The molecule has 2 atom stereocenters. The van der Waals surface area contributed by atoms with Gasteiger partial charge in [-0.1, -0.05) is 37.6 Å². The Kier molecular flexibility index (Phi) is 4.45. The number of hydrogen-bond acceptors (Lipinski definition) is 1. The van der Waals surface area contributed by atoms with E-state index in [9.17, 15) is 0 Å². The molecule has 1 aromatic carbocycles. The van der Waals surface area contributed by atoms with Crippen LogP contribution in [0.5, 0.6) is 0 Å². The van der Waals surface area contributed by atoms with Crippen molar-refractivity contribution in [2.45, 2.75) is 59.5 Å². The molecule has 18 heavy (non-hydrogen) atoms. The van der Waals surface area contributed by atoms with Crippen molar-refractivity contribution >= 4 is 0 Å². The van der Waals surface area contributed by atoms with E-state index in [4.69, 9.17) is 0 Å². The number of benzene rings is 1. The van der Waals surface area contributed by atoms with Gasteiger partial charge in [0.2, 0.25) is 0 Å². The van der Waals surface area contributed by atoms with Crippen LogP contribution in [0.2, 0.25) is 0 Å². The third-order valence-electron chi connectivity index (χ3n) is 4.26. The van der Waals surface area contributed by atoms with Gasteiger partial charge in [0.1, 0.15) is 0 Å². The van der Waals surface area contributed by atoms with E-state index in [-0.39, 0.29) is 0 Å². The molecule has 0 spiro atoms. The summed E-state index contributed by atoms with van der Waals surface area (Å²) in [6, 6.07) is 7.46. The van der Waals surface area contributed by atoms with Gasteiger partial charge in [-0.2, -0.15) is 0 Å². The summed E-state index contributed by atoms with van der Waals surface area (Å²) in [7, 11) is 0. The molecule has 1 aromatic rings. The second-order valence-electron chi connectivity index (χ2n) is 6.43. The van der Waals surface area contributed by atoms with Crippen molar-refractivity contribution in [2.24, 2.45) is 11.8 Å². The summed E-state index contributed by atoms with van der Waals surface area (Å²) in [4.78, 5) is 0. The van der Waals surface area contributed by atoms with Crippen molar-refractivity contribution in [2.75, 3.05) is 0 Å². The minimum atomic E-state index is 0.712. The smallest absolute Gasteiger partial charge is 0.0210 e. The van der Waals surface area contributed by atoms with Crippen LogP contribution in [0.25, 0.3) is 0 Å². The van der Waals surface area contributed by atoms with Gasteiger partial charge in [-0.15, -0.1) is 0 Å². The molecule has 0 heterocycles. The zero-order valence-electron chi connectivity index (χ0n) is 12.3. The quantitative estimate of drug-likeness (QED) is 0.841. The lowest BCUT2D eigenvalue weighted by Gasteiger charge is -2.32. The highest BCUT2D eigenvalue weighted by molar-refractivity contribution is 5.30. The molecule has 2 unspecified atom stereocenters. The first kappa shape index (κ1) is 13.6. The maximum absolute atomic E-state index is 3.77. The van der Waals surface area contributed by atoms with Crippen molar-refractivity contribution in [1.82, 2.24) is 5.32 Å². The summed E-state index contributed by atoms with van der Waals surface area (Å²) in [5, 5.41) is 3.77. The van der Waals surface area contributed by atoms with Crippen molar-refractivity contribution in [3.8, 4) is 0 Å². The van der Waals surface area contributed by atoms with Gasteiger partial charge in [0, 0.05) is 12.6 Å². The second kappa shape index (κ2) is 5.88. The molecule has 2 rings (SSSR count). The van der Waals surface area contributed by atoms with E-state index in [2.05, 4.69) is 51.2 Å². The fourth-order valence-electron chi connectivity index (χ4n) is 3.36. The van der Waals surface area contributed by atoms with Crippen LogP contribution in [0.3, 0.4) is 0 Å². The number of nitrogens with one attached hydrogen (secondary N) is 1. The molecule has 1 saturated carbocycles. The highest BCUT2D eigenvalue weighted by Gasteiger charge is 2.23. The van der Waals surface area contributed by atoms with Gasteiger partial charge in [0.15, 0.2) is 0 Å². The SMILES string of the molecule is Cc1ccc(C)c(CNC2CC(C)CC(C)C2)c1. The molecular formula is C17H27N. The Morgan fingerprint density at radius 3 is 2.39 bits per heavy atom. The third-order valence-corrected chi connectivity index (χ3v) is 4.26. The molecule has 0 aliphatic heterocycles. The fourth-order valence-corrected chi connectivity index (χ4v) is 3.36. The van der Waals surface area contributed by atoms with Crippen molar-refractivity contribution < 1.29 is 0 Å². The molecule has 0 amide bonds. The summed E-state index contributed by atoms with van der Waals surface area (Å²) < 4.78 is 0. The van der Waals surface area contributed by atoms with Gasteiger partial charge in [0.05, 0.1) is 0 Å². The van der Waals surface area contributed by atoms with Crippen LogP contribution in [0.4, 0.5) is 0 Å². The Morgan fingerprint density at radius 1 is 1.06 bits per heavy atom. The summed E-state index contributed by atoms with van der Waals surface area (Å²) in [6.45, 7) is 10.2. The second-order valence-corrected chi connectivity index (χ2v) is 6.43. The molecule has 1 nitrogen and oxygen atoms in total. The normalized spacial score (nSPS) is 28.3. The number of rotatable bonds is 3. The summed E-state index contributed by atoms with van der Waals surface area (Å²) in [5.74, 6) is 1.76. The van der Waals surface area contributed by atoms with Gasteiger partial charge in [-0.3, -0.25) is 0 Å². The zero-order valence-corrected chi connectivity index (χ0v) is 12.3. The van der Waals surface area contributed by atoms with Crippen LogP contribution in [0.15, 0.2) is 18.2 Å². The predicted octanol–water partition coefficient (Wildman–Crippen LogP) is 4.22. The molecule has 1 N–H and O–H groups in total. The third kappa shape index (κ3) is 3.58. The minimum Gasteiger partial charge on any atom is -0.310 e. The Morgan fingerprint density at radius 2 is 1.72 bits per heavy atom. The molecule has 0 aromatic heterocycles. The molecule has 0 bridgehead atoms. The van der Waals surface area contributed by atoms with E-state index in [0.29, 0.717) is 6.04 Å². The highest BCUT2D eigenvalue weighted by Crippen LogP contribution is 2.28. The monoisotopic (exact) mass is 245 g/mol. The van der Waals surface area contributed by atoms with Crippen LogP contribution >= 0.6 is 0 Å². The van der Waals surface area contributed by atoms with Crippen LogP contribution in [-0.2, 0) is 6.54 Å². The Balaban J connectivity index is 1.92. The lowest BCUT2D eigenvalue weighted by Crippen LogP contribution is -2.36. The zero-order chi connectivity index (χ0) is 13.1. The van der Waals surface area contributed by atoms with E-state index in [0.717, 1.165) is 18.4 Å². The van der Waals surface area contributed by atoms with Crippen molar-refractivity contribution in [3.63, 3.8) is 0 Å².